The molecule has 0 radical (unpaired) electrons. The fraction of sp³-hybridized carbons (Fsp3) is 0.0714. The van der Waals surface area contributed by atoms with Crippen LogP contribution in [0.15, 0.2) is 57.7 Å². The highest BCUT2D eigenvalue weighted by Gasteiger charge is 2.14. The number of rotatable bonds is 2. The summed E-state index contributed by atoms with van der Waals surface area (Å²) < 4.78 is 0. The quantitative estimate of drug-likeness (QED) is 0.898. The summed E-state index contributed by atoms with van der Waals surface area (Å²) in [6.45, 7) is 0. The maximum Gasteiger partial charge on any atom is 0.249 e. The number of allylic oxidation sites excluding steroid dienone is 1. The lowest BCUT2D eigenvalue weighted by Crippen LogP contribution is -2.07. The van der Waals surface area contributed by atoms with E-state index in [0.717, 1.165) is 21.9 Å². The normalized spacial score (nSPS) is 14.4. The third kappa shape index (κ3) is 2.49. The third-order valence-corrected chi connectivity index (χ3v) is 4.58. The highest BCUT2D eigenvalue weighted by Crippen LogP contribution is 2.36. The molecule has 3 rings (SSSR count). The molecule has 1 aromatic heterocycles. The largest absolute Gasteiger partial charge is 0.321 e. The van der Waals surface area contributed by atoms with Gasteiger partial charge in [0.15, 0.2) is 0 Å². The predicted molar refractivity (Wildman–Crippen MR) is 77.0 cm³/mol. The van der Waals surface area contributed by atoms with Gasteiger partial charge >= 0.3 is 0 Å². The maximum absolute atomic E-state index is 11.8. The third-order valence-electron chi connectivity index (χ3n) is 2.61. The van der Waals surface area contributed by atoms with Crippen molar-refractivity contribution >= 4 is 34.7 Å². The molecular weight excluding hydrogens is 262 g/mol. The van der Waals surface area contributed by atoms with E-state index < -0.39 is 0 Å². The van der Waals surface area contributed by atoms with Gasteiger partial charge in [0.2, 0.25) is 5.91 Å². The van der Waals surface area contributed by atoms with Crippen LogP contribution in [-0.4, -0.2) is 5.91 Å². The predicted octanol–water partition coefficient (Wildman–Crippen LogP) is 3.92. The zero-order valence-electron chi connectivity index (χ0n) is 9.55. The smallest absolute Gasteiger partial charge is 0.249 e. The standard InChI is InChI=1S/C14H11NOS2/c16-14-9-11(8-10-4-3-7-17-10)18-13-6-2-1-5-12(13)15-14/h1-7,9H,8H2,(H,15,16). The van der Waals surface area contributed by atoms with Gasteiger partial charge < -0.3 is 5.32 Å². The van der Waals surface area contributed by atoms with E-state index >= 15 is 0 Å². The van der Waals surface area contributed by atoms with Crippen LogP contribution < -0.4 is 5.32 Å². The molecule has 0 bridgehead atoms. The lowest BCUT2D eigenvalue weighted by molar-refractivity contribution is -0.111. The highest BCUT2D eigenvalue weighted by atomic mass is 32.2. The highest BCUT2D eigenvalue weighted by molar-refractivity contribution is 8.03. The van der Waals surface area contributed by atoms with Crippen molar-refractivity contribution in [2.75, 3.05) is 5.32 Å². The second-order valence-corrected chi connectivity index (χ2v) is 6.15. The fourth-order valence-corrected chi connectivity index (χ4v) is 3.69. The van der Waals surface area contributed by atoms with E-state index in [2.05, 4.69) is 16.8 Å². The van der Waals surface area contributed by atoms with E-state index in [4.69, 9.17) is 0 Å². The molecule has 0 saturated carbocycles. The molecule has 0 fully saturated rings. The zero-order chi connectivity index (χ0) is 12.4. The summed E-state index contributed by atoms with van der Waals surface area (Å²) in [6, 6.07) is 12.0. The van der Waals surface area contributed by atoms with Crippen LogP contribution in [0.1, 0.15) is 4.88 Å². The van der Waals surface area contributed by atoms with Crippen molar-refractivity contribution in [3.05, 3.63) is 57.6 Å². The van der Waals surface area contributed by atoms with E-state index in [1.165, 1.54) is 4.88 Å². The van der Waals surface area contributed by atoms with Gasteiger partial charge in [0.1, 0.15) is 0 Å². The van der Waals surface area contributed by atoms with Crippen molar-refractivity contribution in [2.24, 2.45) is 0 Å². The molecule has 0 spiro atoms. The first-order chi connectivity index (χ1) is 8.81. The van der Waals surface area contributed by atoms with Gasteiger partial charge in [-0.3, -0.25) is 4.79 Å². The first kappa shape index (κ1) is 11.6. The van der Waals surface area contributed by atoms with Crippen LogP contribution in [0, 0.1) is 0 Å². The average molecular weight is 273 g/mol. The van der Waals surface area contributed by atoms with Gasteiger partial charge in [0.05, 0.1) is 5.69 Å². The Labute approximate surface area is 114 Å². The van der Waals surface area contributed by atoms with Gasteiger partial charge in [-0.15, -0.1) is 11.3 Å². The van der Waals surface area contributed by atoms with Crippen LogP contribution in [-0.2, 0) is 11.2 Å². The lowest BCUT2D eigenvalue weighted by atomic mass is 10.3. The minimum atomic E-state index is -0.0426. The van der Waals surface area contributed by atoms with Crippen molar-refractivity contribution in [1.29, 1.82) is 0 Å². The van der Waals surface area contributed by atoms with E-state index in [1.54, 1.807) is 29.2 Å². The van der Waals surface area contributed by atoms with Gasteiger partial charge in [-0.2, -0.15) is 0 Å². The minimum absolute atomic E-state index is 0.0426. The molecule has 0 unspecified atom stereocenters. The summed E-state index contributed by atoms with van der Waals surface area (Å²) in [5.74, 6) is -0.0426. The van der Waals surface area contributed by atoms with Crippen molar-refractivity contribution in [3.8, 4) is 0 Å². The number of para-hydroxylation sites is 1. The molecule has 90 valence electrons. The molecule has 1 aliphatic rings. The molecule has 4 heteroatoms. The second kappa shape index (κ2) is 5.00. The molecular formula is C14H11NOS2. The number of anilines is 1. The molecule has 0 aliphatic carbocycles. The Morgan fingerprint density at radius 3 is 2.83 bits per heavy atom. The summed E-state index contributed by atoms with van der Waals surface area (Å²) in [7, 11) is 0. The average Bonchev–Trinajstić information content (AvgIpc) is 2.78. The first-order valence-corrected chi connectivity index (χ1v) is 7.32. The molecule has 1 amide bonds. The molecule has 0 atom stereocenters. The zero-order valence-corrected chi connectivity index (χ0v) is 11.2. The van der Waals surface area contributed by atoms with Crippen molar-refractivity contribution in [2.45, 2.75) is 11.3 Å². The van der Waals surface area contributed by atoms with Crippen molar-refractivity contribution in [1.82, 2.24) is 0 Å². The Morgan fingerprint density at radius 2 is 2.00 bits per heavy atom. The van der Waals surface area contributed by atoms with E-state index in [9.17, 15) is 4.79 Å². The van der Waals surface area contributed by atoms with Crippen LogP contribution in [0.3, 0.4) is 0 Å². The molecule has 0 saturated heterocycles. The number of hydrogen-bond donors (Lipinski definition) is 1. The van der Waals surface area contributed by atoms with Crippen molar-refractivity contribution in [3.63, 3.8) is 0 Å². The molecule has 2 nitrogen and oxygen atoms in total. The van der Waals surface area contributed by atoms with Crippen LogP contribution in [0.25, 0.3) is 0 Å². The molecule has 1 aliphatic heterocycles. The van der Waals surface area contributed by atoms with Crippen LogP contribution in [0.2, 0.25) is 0 Å². The van der Waals surface area contributed by atoms with E-state index in [0.29, 0.717) is 0 Å². The maximum atomic E-state index is 11.8. The SMILES string of the molecule is O=C1C=C(Cc2cccs2)Sc2ccccc2N1. The number of carbonyl (C=O) groups excluding carboxylic acids is 1. The van der Waals surface area contributed by atoms with Gasteiger partial charge in [0.25, 0.3) is 0 Å². The number of thiophene rings is 1. The lowest BCUT2D eigenvalue weighted by Gasteiger charge is -2.06. The Bertz CT molecular complexity index is 602. The molecule has 2 heterocycles. The van der Waals surface area contributed by atoms with E-state index in [1.807, 2.05) is 30.3 Å². The van der Waals surface area contributed by atoms with Crippen molar-refractivity contribution < 1.29 is 4.79 Å². The van der Waals surface area contributed by atoms with Gasteiger partial charge in [0, 0.05) is 27.2 Å². The Morgan fingerprint density at radius 1 is 1.11 bits per heavy atom. The number of amides is 1. The number of carbonyl (C=O) groups is 1. The number of fused-ring (bicyclic) bond motifs is 1. The Kier molecular flexibility index (Phi) is 3.21. The number of nitrogens with one attached hydrogen (secondary N) is 1. The summed E-state index contributed by atoms with van der Waals surface area (Å²) in [6.07, 6.45) is 2.52. The Balaban J connectivity index is 1.90. The Hall–Kier alpha value is -1.52. The summed E-state index contributed by atoms with van der Waals surface area (Å²) in [5.41, 5.74) is 0.893. The second-order valence-electron chi connectivity index (χ2n) is 3.95. The topological polar surface area (TPSA) is 29.1 Å². The monoisotopic (exact) mass is 273 g/mol. The van der Waals surface area contributed by atoms with Crippen LogP contribution >= 0.6 is 23.1 Å². The number of hydrogen-bond acceptors (Lipinski definition) is 3. The van der Waals surface area contributed by atoms with Gasteiger partial charge in [-0.25, -0.2) is 0 Å². The van der Waals surface area contributed by atoms with Crippen LogP contribution in [0.5, 0.6) is 0 Å². The first-order valence-electron chi connectivity index (χ1n) is 5.62. The van der Waals surface area contributed by atoms with Gasteiger partial charge in [-0.05, 0) is 23.6 Å². The fourth-order valence-electron chi connectivity index (χ4n) is 1.82. The number of benzene rings is 1. The molecule has 1 aromatic carbocycles. The number of thioether (sulfide) groups is 1. The summed E-state index contributed by atoms with van der Waals surface area (Å²) in [5, 5.41) is 4.96. The minimum Gasteiger partial charge on any atom is -0.321 e. The molecule has 18 heavy (non-hydrogen) atoms. The molecule has 2 aromatic rings. The summed E-state index contributed by atoms with van der Waals surface area (Å²) in [4.78, 5) is 15.3. The molecule has 1 N–H and O–H groups in total. The van der Waals surface area contributed by atoms with E-state index in [-0.39, 0.29) is 5.91 Å². The van der Waals surface area contributed by atoms with Gasteiger partial charge in [-0.1, -0.05) is 30.0 Å². The van der Waals surface area contributed by atoms with Crippen LogP contribution in [0.4, 0.5) is 5.69 Å². The summed E-state index contributed by atoms with van der Waals surface area (Å²) >= 11 is 3.38.